The van der Waals surface area contributed by atoms with Gasteiger partial charge in [-0.05, 0) is 96.8 Å². The lowest BCUT2D eigenvalue weighted by Crippen LogP contribution is -1.92. The Balaban J connectivity index is 1.29. The van der Waals surface area contributed by atoms with Crippen LogP contribution in [-0.2, 0) is 12.8 Å². The maximum atomic E-state index is 5.84. The minimum atomic E-state index is 0.725. The molecule has 4 rings (SSSR count). The van der Waals surface area contributed by atoms with Crippen LogP contribution >= 0.6 is 0 Å². The van der Waals surface area contributed by atoms with Crippen molar-refractivity contribution in [1.82, 2.24) is 0 Å². The molecule has 4 aromatic carbocycles. The third-order valence-corrected chi connectivity index (χ3v) is 4.78. The van der Waals surface area contributed by atoms with E-state index in [4.69, 9.17) is 20.9 Å². The first-order valence-corrected chi connectivity index (χ1v) is 9.89. The number of aryl methyl sites for hydroxylation is 2. The van der Waals surface area contributed by atoms with E-state index >= 15 is 0 Å². The fourth-order valence-electron chi connectivity index (χ4n) is 3.08. The lowest BCUT2D eigenvalue weighted by Gasteiger charge is -2.08. The predicted octanol–water partition coefficient (Wildman–Crippen LogP) is 6.22. The van der Waals surface area contributed by atoms with E-state index in [1.165, 1.54) is 11.1 Å². The zero-order valence-electron chi connectivity index (χ0n) is 16.6. The molecule has 4 N–H and O–H groups in total. The smallest absolute Gasteiger partial charge is 0.127 e. The van der Waals surface area contributed by atoms with Gasteiger partial charge in [-0.25, -0.2) is 0 Å². The highest BCUT2D eigenvalue weighted by Crippen LogP contribution is 2.24. The van der Waals surface area contributed by atoms with Crippen molar-refractivity contribution in [3.63, 3.8) is 0 Å². The fraction of sp³-hybridized carbons (Fsp3) is 0.0769. The third kappa shape index (κ3) is 5.32. The van der Waals surface area contributed by atoms with Crippen molar-refractivity contribution in [2.45, 2.75) is 12.8 Å². The van der Waals surface area contributed by atoms with Crippen LogP contribution in [0.25, 0.3) is 0 Å². The first-order chi connectivity index (χ1) is 14.6. The van der Waals surface area contributed by atoms with Gasteiger partial charge in [-0.3, -0.25) is 0 Å². The molecule has 0 unspecified atom stereocenters. The van der Waals surface area contributed by atoms with Gasteiger partial charge < -0.3 is 20.9 Å². The number of ether oxygens (including phenoxy) is 2. The second kappa shape index (κ2) is 9.05. The molecule has 150 valence electrons. The molecule has 0 saturated carbocycles. The van der Waals surface area contributed by atoms with E-state index in [2.05, 4.69) is 24.3 Å². The summed E-state index contributed by atoms with van der Waals surface area (Å²) >= 11 is 0. The lowest BCUT2D eigenvalue weighted by atomic mass is 10.0. The standard InChI is InChI=1S/C26H24N2O2/c27-21-7-15-25(16-8-21)29-23-11-3-19(4-12-23)1-2-20-5-13-24(14-6-20)30-26-17-9-22(28)10-18-26/h3-18H,1-2,27-28H2. The van der Waals surface area contributed by atoms with Gasteiger partial charge in [-0.15, -0.1) is 0 Å². The largest absolute Gasteiger partial charge is 0.457 e. The highest BCUT2D eigenvalue weighted by Gasteiger charge is 2.02. The van der Waals surface area contributed by atoms with Crippen molar-refractivity contribution in [3.8, 4) is 23.0 Å². The maximum Gasteiger partial charge on any atom is 0.127 e. The minimum Gasteiger partial charge on any atom is -0.457 e. The van der Waals surface area contributed by atoms with E-state index in [0.717, 1.165) is 47.2 Å². The lowest BCUT2D eigenvalue weighted by molar-refractivity contribution is 0.482. The molecule has 4 heteroatoms. The Morgan fingerprint density at radius 1 is 0.400 bits per heavy atom. The summed E-state index contributed by atoms with van der Waals surface area (Å²) in [4.78, 5) is 0. The Bertz CT molecular complexity index is 981. The number of anilines is 2. The average molecular weight is 396 g/mol. The van der Waals surface area contributed by atoms with Crippen LogP contribution in [0, 0.1) is 0 Å². The zero-order valence-corrected chi connectivity index (χ0v) is 16.6. The predicted molar refractivity (Wildman–Crippen MR) is 122 cm³/mol. The number of rotatable bonds is 7. The Labute approximate surface area is 176 Å². The van der Waals surface area contributed by atoms with Crippen molar-refractivity contribution in [3.05, 3.63) is 108 Å². The molecule has 0 spiro atoms. The van der Waals surface area contributed by atoms with Crippen LogP contribution in [-0.4, -0.2) is 0 Å². The Morgan fingerprint density at radius 3 is 0.967 bits per heavy atom. The molecule has 4 aromatic rings. The molecule has 0 heterocycles. The van der Waals surface area contributed by atoms with Gasteiger partial charge in [0.2, 0.25) is 0 Å². The van der Waals surface area contributed by atoms with Gasteiger partial charge in [-0.2, -0.15) is 0 Å². The number of nitrogen functional groups attached to an aromatic ring is 2. The molecule has 0 amide bonds. The summed E-state index contributed by atoms with van der Waals surface area (Å²) in [6.07, 6.45) is 1.92. The number of hydrogen-bond donors (Lipinski definition) is 2. The molecule has 0 bridgehead atoms. The molecule has 0 aliphatic carbocycles. The number of hydrogen-bond acceptors (Lipinski definition) is 4. The van der Waals surface area contributed by atoms with Crippen LogP contribution in [0.5, 0.6) is 23.0 Å². The van der Waals surface area contributed by atoms with Gasteiger partial charge in [0, 0.05) is 11.4 Å². The molecule has 0 aliphatic heterocycles. The van der Waals surface area contributed by atoms with Gasteiger partial charge in [0.05, 0.1) is 0 Å². The highest BCUT2D eigenvalue weighted by atomic mass is 16.5. The van der Waals surface area contributed by atoms with E-state index in [1.54, 1.807) is 0 Å². The molecular weight excluding hydrogens is 372 g/mol. The van der Waals surface area contributed by atoms with Gasteiger partial charge in [0.1, 0.15) is 23.0 Å². The SMILES string of the molecule is Nc1ccc(Oc2ccc(CCc3ccc(Oc4ccc(N)cc4)cc3)cc2)cc1. The van der Waals surface area contributed by atoms with E-state index in [0.29, 0.717) is 0 Å². The van der Waals surface area contributed by atoms with Gasteiger partial charge in [0.15, 0.2) is 0 Å². The Kier molecular flexibility index (Phi) is 5.85. The molecular formula is C26H24N2O2. The van der Waals surface area contributed by atoms with Crippen molar-refractivity contribution in [1.29, 1.82) is 0 Å². The van der Waals surface area contributed by atoms with E-state index in [-0.39, 0.29) is 0 Å². The van der Waals surface area contributed by atoms with Gasteiger partial charge in [0.25, 0.3) is 0 Å². The monoisotopic (exact) mass is 396 g/mol. The molecule has 4 nitrogen and oxygen atoms in total. The summed E-state index contributed by atoms with van der Waals surface area (Å²) in [5.74, 6) is 3.18. The number of nitrogens with two attached hydrogens (primary N) is 2. The number of benzene rings is 4. The second-order valence-corrected chi connectivity index (χ2v) is 7.13. The molecule has 0 radical (unpaired) electrons. The van der Waals surface area contributed by atoms with Crippen molar-refractivity contribution in [2.24, 2.45) is 0 Å². The van der Waals surface area contributed by atoms with Crippen LogP contribution in [0.2, 0.25) is 0 Å². The average Bonchev–Trinajstić information content (AvgIpc) is 2.77. The topological polar surface area (TPSA) is 70.5 Å². The molecule has 0 fully saturated rings. The quantitative estimate of drug-likeness (QED) is 0.364. The first-order valence-electron chi connectivity index (χ1n) is 9.89. The van der Waals surface area contributed by atoms with Crippen LogP contribution in [0.1, 0.15) is 11.1 Å². The van der Waals surface area contributed by atoms with Crippen LogP contribution in [0.4, 0.5) is 11.4 Å². The molecule has 0 atom stereocenters. The highest BCUT2D eigenvalue weighted by molar-refractivity contribution is 5.44. The maximum absolute atomic E-state index is 5.84. The molecule has 0 aromatic heterocycles. The summed E-state index contributed by atoms with van der Waals surface area (Å²) in [5.41, 5.74) is 15.4. The summed E-state index contributed by atoms with van der Waals surface area (Å²) in [7, 11) is 0. The Morgan fingerprint density at radius 2 is 0.667 bits per heavy atom. The summed E-state index contributed by atoms with van der Waals surface area (Å²) in [6.45, 7) is 0. The van der Waals surface area contributed by atoms with Crippen molar-refractivity contribution >= 4 is 11.4 Å². The van der Waals surface area contributed by atoms with Crippen molar-refractivity contribution < 1.29 is 9.47 Å². The van der Waals surface area contributed by atoms with Crippen molar-refractivity contribution in [2.75, 3.05) is 11.5 Å². The van der Waals surface area contributed by atoms with E-state index in [1.807, 2.05) is 72.8 Å². The molecule has 30 heavy (non-hydrogen) atoms. The van der Waals surface area contributed by atoms with Gasteiger partial charge >= 0.3 is 0 Å². The first kappa shape index (κ1) is 19.4. The fourth-order valence-corrected chi connectivity index (χ4v) is 3.08. The van der Waals surface area contributed by atoms with Crippen LogP contribution < -0.4 is 20.9 Å². The third-order valence-electron chi connectivity index (χ3n) is 4.78. The zero-order chi connectivity index (χ0) is 20.8. The van der Waals surface area contributed by atoms with Gasteiger partial charge in [-0.1, -0.05) is 24.3 Å². The van der Waals surface area contributed by atoms with Crippen LogP contribution in [0.3, 0.4) is 0 Å². The Hall–Kier alpha value is -3.92. The summed E-state index contributed by atoms with van der Waals surface area (Å²) in [6, 6.07) is 31.2. The summed E-state index contributed by atoms with van der Waals surface area (Å²) < 4.78 is 11.7. The van der Waals surface area contributed by atoms with E-state index < -0.39 is 0 Å². The second-order valence-electron chi connectivity index (χ2n) is 7.13. The minimum absolute atomic E-state index is 0.725. The molecule has 0 saturated heterocycles. The summed E-state index contributed by atoms with van der Waals surface area (Å²) in [5, 5.41) is 0. The normalized spacial score (nSPS) is 10.5. The van der Waals surface area contributed by atoms with Crippen LogP contribution in [0.15, 0.2) is 97.1 Å². The van der Waals surface area contributed by atoms with E-state index in [9.17, 15) is 0 Å². The molecule has 0 aliphatic rings.